The van der Waals surface area contributed by atoms with E-state index in [4.69, 9.17) is 17.0 Å². The van der Waals surface area contributed by atoms with Gasteiger partial charge in [-0.05, 0) is 17.7 Å². The molecule has 26 heavy (non-hydrogen) atoms. The van der Waals surface area contributed by atoms with E-state index in [0.717, 1.165) is 41.5 Å². The zero-order valence-corrected chi connectivity index (χ0v) is 16.7. The van der Waals surface area contributed by atoms with Crippen LogP contribution in [0.25, 0.3) is 0 Å². The average molecular weight is 406 g/mol. The minimum atomic E-state index is 0.699. The minimum Gasteiger partial charge on any atom is -0.497 e. The van der Waals surface area contributed by atoms with Gasteiger partial charge in [-0.1, -0.05) is 24.4 Å². The van der Waals surface area contributed by atoms with E-state index in [9.17, 15) is 0 Å². The van der Waals surface area contributed by atoms with Gasteiger partial charge in [0.1, 0.15) is 10.4 Å². The molecule has 0 saturated heterocycles. The number of hydrogen-bond acceptors (Lipinski definition) is 8. The second-order valence-corrected chi connectivity index (χ2v) is 7.56. The highest BCUT2D eigenvalue weighted by Crippen LogP contribution is 2.15. The van der Waals surface area contributed by atoms with Crippen molar-refractivity contribution in [2.45, 2.75) is 12.2 Å². The number of nitrogens with one attached hydrogen (secondary N) is 2. The number of thioether (sulfide) groups is 1. The number of ether oxygens (including phenoxy) is 1. The van der Waals surface area contributed by atoms with E-state index < -0.39 is 0 Å². The smallest absolute Gasteiger partial charge is 0.201 e. The summed E-state index contributed by atoms with van der Waals surface area (Å²) in [4.78, 5) is 7.59. The third kappa shape index (κ3) is 5.52. The van der Waals surface area contributed by atoms with Gasteiger partial charge in [-0.15, -0.1) is 0 Å². The van der Waals surface area contributed by atoms with Crippen LogP contribution in [0, 0.1) is 4.64 Å². The largest absolute Gasteiger partial charge is 0.497 e. The molecule has 0 atom stereocenters. The van der Waals surface area contributed by atoms with Gasteiger partial charge < -0.3 is 15.0 Å². The Kier molecular flexibility index (Phi) is 6.98. The summed E-state index contributed by atoms with van der Waals surface area (Å²) in [5, 5.41) is 3.27. The summed E-state index contributed by atoms with van der Waals surface area (Å²) in [7, 11) is 1.66. The van der Waals surface area contributed by atoms with Crippen LogP contribution in [0.15, 0.2) is 36.7 Å². The molecule has 0 amide bonds. The summed E-state index contributed by atoms with van der Waals surface area (Å²) in [6, 6.07) is 7.97. The molecule has 2 N–H and O–H groups in total. The van der Waals surface area contributed by atoms with Crippen LogP contribution in [-0.2, 0) is 12.2 Å². The number of methoxy groups -OCH3 is 1. The van der Waals surface area contributed by atoms with Gasteiger partial charge in [-0.25, -0.2) is 4.98 Å². The highest BCUT2D eigenvalue weighted by molar-refractivity contribution is 7.98. The zero-order valence-electron chi connectivity index (χ0n) is 14.3. The van der Waals surface area contributed by atoms with Gasteiger partial charge in [-0.3, -0.25) is 0 Å². The van der Waals surface area contributed by atoms with E-state index in [1.165, 1.54) is 17.3 Å². The Morgan fingerprint density at radius 3 is 2.81 bits per heavy atom. The second-order valence-electron chi connectivity index (χ2n) is 5.49. The number of aromatic amines is 1. The molecule has 0 radical (unpaired) electrons. The molecule has 2 aromatic heterocycles. The molecule has 3 rings (SSSR count). The van der Waals surface area contributed by atoms with Crippen LogP contribution in [0.2, 0.25) is 0 Å². The van der Waals surface area contributed by atoms with Crippen molar-refractivity contribution >= 4 is 41.7 Å². The van der Waals surface area contributed by atoms with Gasteiger partial charge in [-0.2, -0.15) is 20.5 Å². The van der Waals surface area contributed by atoms with Crippen LogP contribution in [0.1, 0.15) is 16.8 Å². The maximum Gasteiger partial charge on any atom is 0.201 e. The van der Waals surface area contributed by atoms with Crippen LogP contribution in [0.4, 0.5) is 5.95 Å². The first kappa shape index (κ1) is 18.8. The highest BCUT2D eigenvalue weighted by atomic mass is 32.2. The lowest BCUT2D eigenvalue weighted by Crippen LogP contribution is -2.08. The van der Waals surface area contributed by atoms with Crippen molar-refractivity contribution < 1.29 is 4.74 Å². The summed E-state index contributed by atoms with van der Waals surface area (Å²) in [6.07, 6.45) is 4.38. The first-order chi connectivity index (χ1) is 12.7. The number of hydrogen-bond donors (Lipinski definition) is 2. The zero-order chi connectivity index (χ0) is 18.2. The molecular formula is C17H19N5OS3. The molecule has 0 saturated carbocycles. The second kappa shape index (κ2) is 9.65. The first-order valence-electron chi connectivity index (χ1n) is 8.04. The molecule has 0 spiro atoms. The molecule has 0 aliphatic rings. The maximum absolute atomic E-state index is 5.46. The predicted octanol–water partition coefficient (Wildman–Crippen LogP) is 3.94. The van der Waals surface area contributed by atoms with Gasteiger partial charge in [0.15, 0.2) is 0 Å². The molecule has 136 valence electrons. The standard InChI is InChI=1S/C17H19N5OS3/c1-23-15-4-2-12(3-5-15)8-13-9-19-17(21-16(13)24)18-6-7-25-11-14-10-20-26-22-14/h2-5,9-10H,6-8,11H2,1H3,(H2,18,19,21,24). The molecule has 1 aromatic carbocycles. The number of H-pyrrole nitrogens is 1. The molecule has 0 bridgehead atoms. The minimum absolute atomic E-state index is 0.699. The lowest BCUT2D eigenvalue weighted by atomic mass is 10.1. The van der Waals surface area contributed by atoms with Crippen molar-refractivity contribution in [2.75, 3.05) is 24.7 Å². The Bertz CT molecular complexity index is 865. The van der Waals surface area contributed by atoms with Gasteiger partial charge in [0.2, 0.25) is 5.95 Å². The number of benzene rings is 1. The van der Waals surface area contributed by atoms with Crippen LogP contribution in [-0.4, -0.2) is 38.1 Å². The highest BCUT2D eigenvalue weighted by Gasteiger charge is 2.03. The van der Waals surface area contributed by atoms with E-state index in [1.807, 2.05) is 36.7 Å². The van der Waals surface area contributed by atoms with Crippen LogP contribution < -0.4 is 10.1 Å². The van der Waals surface area contributed by atoms with Crippen molar-refractivity contribution in [2.24, 2.45) is 0 Å². The molecule has 0 unspecified atom stereocenters. The van der Waals surface area contributed by atoms with Gasteiger partial charge >= 0.3 is 0 Å². The fourth-order valence-electron chi connectivity index (χ4n) is 2.27. The molecule has 2 heterocycles. The summed E-state index contributed by atoms with van der Waals surface area (Å²) >= 11 is 8.51. The van der Waals surface area contributed by atoms with E-state index in [1.54, 1.807) is 18.9 Å². The Balaban J connectivity index is 1.48. The maximum atomic E-state index is 5.46. The SMILES string of the molecule is COc1ccc(Cc2cnc(NCCSCc3cnsn3)[nH]c2=S)cc1. The van der Waals surface area contributed by atoms with Gasteiger partial charge in [0.25, 0.3) is 0 Å². The molecule has 0 aliphatic heterocycles. The summed E-state index contributed by atoms with van der Waals surface area (Å²) in [5.74, 6) is 3.38. The Morgan fingerprint density at radius 1 is 1.27 bits per heavy atom. The Labute approximate surface area is 165 Å². The number of rotatable bonds is 9. The van der Waals surface area contributed by atoms with Gasteiger partial charge in [0.05, 0.1) is 30.7 Å². The van der Waals surface area contributed by atoms with Crippen LogP contribution in [0.3, 0.4) is 0 Å². The summed E-state index contributed by atoms with van der Waals surface area (Å²) < 4.78 is 14.1. The third-order valence-electron chi connectivity index (χ3n) is 3.62. The van der Waals surface area contributed by atoms with Crippen molar-refractivity contribution in [3.05, 3.63) is 58.1 Å². The third-order valence-corrected chi connectivity index (χ3v) is 5.50. The lowest BCUT2D eigenvalue weighted by molar-refractivity contribution is 0.414. The molecule has 3 aromatic rings. The molecule has 0 fully saturated rings. The van der Waals surface area contributed by atoms with Crippen LogP contribution in [0.5, 0.6) is 5.75 Å². The molecule has 0 aliphatic carbocycles. The van der Waals surface area contributed by atoms with E-state index >= 15 is 0 Å². The molecular weight excluding hydrogens is 386 g/mol. The summed E-state index contributed by atoms with van der Waals surface area (Å²) in [6.45, 7) is 0.804. The van der Waals surface area contributed by atoms with Crippen molar-refractivity contribution in [1.82, 2.24) is 18.7 Å². The lowest BCUT2D eigenvalue weighted by Gasteiger charge is -2.08. The van der Waals surface area contributed by atoms with Crippen molar-refractivity contribution in [3.63, 3.8) is 0 Å². The molecule has 9 heteroatoms. The Hall–Kier alpha value is -1.97. The Morgan fingerprint density at radius 2 is 2.12 bits per heavy atom. The number of aromatic nitrogens is 4. The quantitative estimate of drug-likeness (QED) is 0.412. The topological polar surface area (TPSA) is 75.7 Å². The van der Waals surface area contributed by atoms with E-state index in [2.05, 4.69) is 24.0 Å². The van der Waals surface area contributed by atoms with Crippen molar-refractivity contribution in [1.29, 1.82) is 0 Å². The summed E-state index contributed by atoms with van der Waals surface area (Å²) in [5.41, 5.74) is 3.20. The average Bonchev–Trinajstić information content (AvgIpc) is 3.18. The molecule has 6 nitrogen and oxygen atoms in total. The number of anilines is 1. The van der Waals surface area contributed by atoms with Gasteiger partial charge in [0, 0.05) is 36.2 Å². The fraction of sp³-hybridized carbons (Fsp3) is 0.294. The first-order valence-corrected chi connectivity index (χ1v) is 10.3. The van der Waals surface area contributed by atoms with Crippen LogP contribution >= 0.6 is 35.7 Å². The van der Waals surface area contributed by atoms with Crippen molar-refractivity contribution in [3.8, 4) is 5.75 Å². The predicted molar refractivity (Wildman–Crippen MR) is 110 cm³/mol. The number of nitrogens with zero attached hydrogens (tertiary/aromatic N) is 3. The fourth-order valence-corrected chi connectivity index (χ4v) is 3.74. The van der Waals surface area contributed by atoms with E-state index in [-0.39, 0.29) is 0 Å². The van der Waals surface area contributed by atoms with E-state index in [0.29, 0.717) is 10.6 Å². The normalized spacial score (nSPS) is 10.7. The monoisotopic (exact) mass is 405 g/mol.